The molecular weight excluding hydrogens is 272 g/mol. The lowest BCUT2D eigenvalue weighted by Gasteiger charge is -2.33. The molecule has 0 bridgehead atoms. The molecule has 0 aliphatic heterocycles. The second kappa shape index (κ2) is 7.53. The van der Waals surface area contributed by atoms with Crippen LogP contribution in [0.5, 0.6) is 0 Å². The Morgan fingerprint density at radius 1 is 1.35 bits per heavy atom. The first kappa shape index (κ1) is 15.2. The van der Waals surface area contributed by atoms with Gasteiger partial charge in [0.05, 0.1) is 6.54 Å². The van der Waals surface area contributed by atoms with Crippen molar-refractivity contribution in [3.8, 4) is 0 Å². The minimum Gasteiger partial charge on any atom is -0.376 e. The van der Waals surface area contributed by atoms with Gasteiger partial charge in [0, 0.05) is 23.3 Å². The minimum atomic E-state index is 0.180. The number of carbonyl (C=O) groups is 1. The van der Waals surface area contributed by atoms with Crippen molar-refractivity contribution in [3.05, 3.63) is 29.3 Å². The van der Waals surface area contributed by atoms with E-state index < -0.39 is 0 Å². The summed E-state index contributed by atoms with van der Waals surface area (Å²) >= 11 is 5.94. The smallest absolute Gasteiger partial charge is 0.242 e. The number of carbonyl (C=O) groups excluding carboxylic acids is 1. The summed E-state index contributed by atoms with van der Waals surface area (Å²) in [5.41, 5.74) is 0.894. The van der Waals surface area contributed by atoms with Gasteiger partial charge in [-0.3, -0.25) is 4.79 Å². The molecule has 4 heteroatoms. The lowest BCUT2D eigenvalue weighted by atomic mass is 9.94. The SMILES string of the molecule is CCN(C(=O)CNc1cccc(Cl)c1)C1CCCCC1. The Labute approximate surface area is 126 Å². The van der Waals surface area contributed by atoms with E-state index in [1.165, 1.54) is 19.3 Å². The first-order chi connectivity index (χ1) is 9.70. The van der Waals surface area contributed by atoms with E-state index in [0.717, 1.165) is 25.1 Å². The summed E-state index contributed by atoms with van der Waals surface area (Å²) in [6.07, 6.45) is 6.10. The number of nitrogens with zero attached hydrogens (tertiary/aromatic N) is 1. The normalized spacial score (nSPS) is 15.9. The second-order valence-corrected chi connectivity index (χ2v) is 5.77. The molecule has 20 heavy (non-hydrogen) atoms. The molecule has 1 fully saturated rings. The van der Waals surface area contributed by atoms with Crippen LogP contribution in [0.1, 0.15) is 39.0 Å². The predicted molar refractivity (Wildman–Crippen MR) is 84.2 cm³/mol. The van der Waals surface area contributed by atoms with Gasteiger partial charge in [-0.05, 0) is 38.0 Å². The van der Waals surface area contributed by atoms with Gasteiger partial charge in [0.25, 0.3) is 0 Å². The number of nitrogens with one attached hydrogen (secondary N) is 1. The fraction of sp³-hybridized carbons (Fsp3) is 0.562. The Morgan fingerprint density at radius 3 is 2.75 bits per heavy atom. The maximum absolute atomic E-state index is 12.4. The van der Waals surface area contributed by atoms with E-state index in [1.54, 1.807) is 0 Å². The molecule has 0 saturated heterocycles. The van der Waals surface area contributed by atoms with Crippen molar-refractivity contribution in [1.82, 2.24) is 4.90 Å². The lowest BCUT2D eigenvalue weighted by Crippen LogP contribution is -2.43. The molecule has 1 aromatic carbocycles. The summed E-state index contributed by atoms with van der Waals surface area (Å²) < 4.78 is 0. The van der Waals surface area contributed by atoms with Crippen LogP contribution >= 0.6 is 11.6 Å². The predicted octanol–water partition coefficient (Wildman–Crippen LogP) is 3.93. The van der Waals surface area contributed by atoms with Crippen molar-refractivity contribution in [1.29, 1.82) is 0 Å². The van der Waals surface area contributed by atoms with Crippen LogP contribution in [-0.2, 0) is 4.79 Å². The molecule has 0 unspecified atom stereocenters. The van der Waals surface area contributed by atoms with Crippen molar-refractivity contribution in [3.63, 3.8) is 0 Å². The van der Waals surface area contributed by atoms with Crippen LogP contribution in [0.2, 0.25) is 5.02 Å². The first-order valence-corrected chi connectivity index (χ1v) is 7.87. The van der Waals surface area contributed by atoms with Crippen LogP contribution in [-0.4, -0.2) is 29.9 Å². The largest absolute Gasteiger partial charge is 0.376 e. The quantitative estimate of drug-likeness (QED) is 0.892. The third-order valence-electron chi connectivity index (χ3n) is 3.94. The van der Waals surface area contributed by atoms with Gasteiger partial charge in [0.1, 0.15) is 0 Å². The molecule has 1 N–H and O–H groups in total. The van der Waals surface area contributed by atoms with E-state index in [-0.39, 0.29) is 5.91 Å². The van der Waals surface area contributed by atoms with Gasteiger partial charge < -0.3 is 10.2 Å². The molecule has 3 nitrogen and oxygen atoms in total. The van der Waals surface area contributed by atoms with Crippen molar-refractivity contribution >= 4 is 23.2 Å². The number of rotatable bonds is 5. The van der Waals surface area contributed by atoms with E-state index in [2.05, 4.69) is 12.2 Å². The van der Waals surface area contributed by atoms with Crippen LogP contribution in [0, 0.1) is 0 Å². The molecule has 1 saturated carbocycles. The second-order valence-electron chi connectivity index (χ2n) is 5.34. The van der Waals surface area contributed by atoms with Gasteiger partial charge in [-0.25, -0.2) is 0 Å². The monoisotopic (exact) mass is 294 g/mol. The minimum absolute atomic E-state index is 0.180. The van der Waals surface area contributed by atoms with Crippen LogP contribution in [0.3, 0.4) is 0 Å². The fourth-order valence-corrected chi connectivity index (χ4v) is 3.10. The topological polar surface area (TPSA) is 32.3 Å². The molecule has 110 valence electrons. The number of hydrogen-bond acceptors (Lipinski definition) is 2. The molecule has 0 radical (unpaired) electrons. The zero-order chi connectivity index (χ0) is 14.4. The maximum Gasteiger partial charge on any atom is 0.242 e. The Kier molecular flexibility index (Phi) is 5.72. The van der Waals surface area contributed by atoms with Crippen molar-refractivity contribution in [2.75, 3.05) is 18.4 Å². The van der Waals surface area contributed by atoms with Gasteiger partial charge in [0.2, 0.25) is 5.91 Å². The summed E-state index contributed by atoms with van der Waals surface area (Å²) in [5, 5.41) is 3.85. The molecule has 1 aliphatic carbocycles. The summed E-state index contributed by atoms with van der Waals surface area (Å²) in [6, 6.07) is 7.91. The number of anilines is 1. The van der Waals surface area contributed by atoms with E-state index in [0.29, 0.717) is 17.6 Å². The van der Waals surface area contributed by atoms with Gasteiger partial charge >= 0.3 is 0 Å². The third kappa shape index (κ3) is 4.14. The third-order valence-corrected chi connectivity index (χ3v) is 4.18. The van der Waals surface area contributed by atoms with Crippen molar-refractivity contribution < 1.29 is 4.79 Å². The Hall–Kier alpha value is -1.22. The van der Waals surface area contributed by atoms with Crippen LogP contribution in [0.25, 0.3) is 0 Å². The molecule has 1 aromatic rings. The summed E-state index contributed by atoms with van der Waals surface area (Å²) in [7, 11) is 0. The molecular formula is C16H23ClN2O. The van der Waals surface area contributed by atoms with Crippen LogP contribution < -0.4 is 5.32 Å². The standard InChI is InChI=1S/C16H23ClN2O/c1-2-19(15-9-4-3-5-10-15)16(20)12-18-14-8-6-7-13(17)11-14/h6-8,11,15,18H,2-5,9-10,12H2,1H3. The molecule has 0 heterocycles. The number of likely N-dealkylation sites (N-methyl/N-ethyl adjacent to an activating group) is 1. The zero-order valence-electron chi connectivity index (χ0n) is 12.1. The molecule has 2 rings (SSSR count). The summed E-state index contributed by atoms with van der Waals surface area (Å²) in [5.74, 6) is 0.180. The summed E-state index contributed by atoms with van der Waals surface area (Å²) in [4.78, 5) is 14.4. The zero-order valence-corrected chi connectivity index (χ0v) is 12.8. The Morgan fingerprint density at radius 2 is 2.10 bits per heavy atom. The first-order valence-electron chi connectivity index (χ1n) is 7.49. The molecule has 1 amide bonds. The van der Waals surface area contributed by atoms with Gasteiger partial charge in [-0.15, -0.1) is 0 Å². The van der Waals surface area contributed by atoms with E-state index in [9.17, 15) is 4.79 Å². The highest BCUT2D eigenvalue weighted by molar-refractivity contribution is 6.30. The van der Waals surface area contributed by atoms with Crippen molar-refractivity contribution in [2.45, 2.75) is 45.1 Å². The van der Waals surface area contributed by atoms with E-state index in [4.69, 9.17) is 11.6 Å². The highest BCUT2D eigenvalue weighted by Gasteiger charge is 2.23. The number of hydrogen-bond donors (Lipinski definition) is 1. The molecule has 0 aromatic heterocycles. The lowest BCUT2D eigenvalue weighted by molar-refractivity contribution is -0.132. The molecule has 0 spiro atoms. The summed E-state index contributed by atoms with van der Waals surface area (Å²) in [6.45, 7) is 3.19. The van der Waals surface area contributed by atoms with Gasteiger partial charge in [-0.2, -0.15) is 0 Å². The number of benzene rings is 1. The molecule has 0 atom stereocenters. The van der Waals surface area contributed by atoms with E-state index in [1.807, 2.05) is 29.2 Å². The van der Waals surface area contributed by atoms with Gasteiger partial charge in [-0.1, -0.05) is 36.9 Å². The highest BCUT2D eigenvalue weighted by Crippen LogP contribution is 2.22. The average molecular weight is 295 g/mol. The molecule has 1 aliphatic rings. The Bertz CT molecular complexity index is 444. The maximum atomic E-state index is 12.4. The van der Waals surface area contributed by atoms with E-state index >= 15 is 0 Å². The van der Waals surface area contributed by atoms with Crippen molar-refractivity contribution in [2.24, 2.45) is 0 Å². The van der Waals surface area contributed by atoms with Gasteiger partial charge in [0.15, 0.2) is 0 Å². The number of amides is 1. The highest BCUT2D eigenvalue weighted by atomic mass is 35.5. The van der Waals surface area contributed by atoms with Crippen LogP contribution in [0.15, 0.2) is 24.3 Å². The average Bonchev–Trinajstić information content (AvgIpc) is 2.47. The Balaban J connectivity index is 1.88. The number of halogens is 1. The van der Waals surface area contributed by atoms with Crippen LogP contribution in [0.4, 0.5) is 5.69 Å². The fourth-order valence-electron chi connectivity index (χ4n) is 2.91.